The fourth-order valence-electron chi connectivity index (χ4n) is 4.34. The average Bonchev–Trinajstić information content (AvgIpc) is 3.10. The summed E-state index contributed by atoms with van der Waals surface area (Å²) in [6.07, 6.45) is 3.53. The van der Waals surface area contributed by atoms with Gasteiger partial charge in [-0.1, -0.05) is 23.8 Å². The number of morpholine rings is 1. The Morgan fingerprint density at radius 1 is 1.06 bits per heavy atom. The van der Waals surface area contributed by atoms with Gasteiger partial charge < -0.3 is 14.4 Å². The smallest absolute Gasteiger partial charge is 0.387 e. The van der Waals surface area contributed by atoms with Crippen LogP contribution in [0.2, 0.25) is 0 Å². The van der Waals surface area contributed by atoms with E-state index in [-0.39, 0.29) is 17.9 Å². The molecule has 8 nitrogen and oxygen atoms in total. The molecule has 0 unspecified atom stereocenters. The first-order valence-corrected chi connectivity index (χ1v) is 11.3. The number of rotatable bonds is 6. The van der Waals surface area contributed by atoms with Crippen molar-refractivity contribution in [3.63, 3.8) is 0 Å². The maximum absolute atomic E-state index is 13.0. The largest absolute Gasteiger partial charge is 0.434 e. The summed E-state index contributed by atoms with van der Waals surface area (Å²) >= 11 is 0. The lowest BCUT2D eigenvalue weighted by Gasteiger charge is -2.26. The number of ether oxygens (including phenoxy) is 2. The summed E-state index contributed by atoms with van der Waals surface area (Å²) in [4.78, 5) is 24.0. The van der Waals surface area contributed by atoms with Crippen molar-refractivity contribution in [1.82, 2.24) is 19.3 Å². The highest BCUT2D eigenvalue weighted by molar-refractivity contribution is 5.84. The van der Waals surface area contributed by atoms with Crippen molar-refractivity contribution < 1.29 is 18.3 Å². The quantitative estimate of drug-likeness (QED) is 0.419. The van der Waals surface area contributed by atoms with Crippen LogP contribution < -0.4 is 15.2 Å². The molecule has 3 heterocycles. The highest BCUT2D eigenvalue weighted by atomic mass is 19.3. The third-order valence-electron chi connectivity index (χ3n) is 6.18. The Morgan fingerprint density at radius 3 is 2.51 bits per heavy atom. The number of benzene rings is 2. The summed E-state index contributed by atoms with van der Waals surface area (Å²) in [6.45, 7) is 1.93. The zero-order valence-electron chi connectivity index (χ0n) is 19.4. The van der Waals surface area contributed by atoms with Crippen LogP contribution >= 0.6 is 0 Å². The zero-order valence-corrected chi connectivity index (χ0v) is 19.4. The SMILES string of the molecule is Cc1ccc(OC(F)F)c(Cn2c3cc(-c4cnc(N5CCOCC5)nc4)ccc3c(=O)n2C)c1. The summed E-state index contributed by atoms with van der Waals surface area (Å²) in [5.74, 6) is 0.740. The molecule has 0 bridgehead atoms. The van der Waals surface area contributed by atoms with Crippen molar-refractivity contribution in [3.05, 3.63) is 70.3 Å². The number of fused-ring (bicyclic) bond motifs is 1. The normalized spacial score (nSPS) is 14.1. The molecule has 35 heavy (non-hydrogen) atoms. The summed E-state index contributed by atoms with van der Waals surface area (Å²) in [7, 11) is 1.66. The summed E-state index contributed by atoms with van der Waals surface area (Å²) in [5.41, 5.74) is 3.62. The first-order chi connectivity index (χ1) is 16.9. The Hall–Kier alpha value is -3.79. The molecule has 1 saturated heterocycles. The van der Waals surface area contributed by atoms with Gasteiger partial charge in [0.1, 0.15) is 5.75 Å². The molecule has 0 atom stereocenters. The minimum absolute atomic E-state index is 0.0863. The van der Waals surface area contributed by atoms with Gasteiger partial charge in [-0.05, 0) is 30.7 Å². The molecule has 1 aliphatic heterocycles. The van der Waals surface area contributed by atoms with Crippen LogP contribution in [0.1, 0.15) is 11.1 Å². The molecule has 2 aromatic carbocycles. The van der Waals surface area contributed by atoms with Crippen molar-refractivity contribution in [2.45, 2.75) is 20.1 Å². The van der Waals surface area contributed by atoms with Crippen LogP contribution in [-0.2, 0) is 18.3 Å². The lowest BCUT2D eigenvalue weighted by molar-refractivity contribution is -0.0505. The molecular weight excluding hydrogens is 456 g/mol. The second kappa shape index (κ2) is 9.46. The minimum Gasteiger partial charge on any atom is -0.434 e. The highest BCUT2D eigenvalue weighted by Crippen LogP contribution is 2.27. The third-order valence-corrected chi connectivity index (χ3v) is 6.18. The fraction of sp³-hybridized carbons (Fsp3) is 0.320. The van der Waals surface area contributed by atoms with E-state index < -0.39 is 6.61 Å². The summed E-state index contributed by atoms with van der Waals surface area (Å²) < 4.78 is 39.3. The van der Waals surface area contributed by atoms with Crippen molar-refractivity contribution in [2.24, 2.45) is 7.05 Å². The third kappa shape index (κ3) is 4.61. The molecule has 5 rings (SSSR count). The molecule has 1 fully saturated rings. The van der Waals surface area contributed by atoms with Crippen LogP contribution in [0, 0.1) is 6.92 Å². The average molecular weight is 482 g/mol. The Labute approximate surface area is 200 Å². The molecule has 0 saturated carbocycles. The highest BCUT2D eigenvalue weighted by Gasteiger charge is 2.17. The van der Waals surface area contributed by atoms with E-state index in [0.717, 1.165) is 29.8 Å². The van der Waals surface area contributed by atoms with Gasteiger partial charge in [0.15, 0.2) is 0 Å². The first kappa shape index (κ1) is 23.0. The topological polar surface area (TPSA) is 74.4 Å². The van der Waals surface area contributed by atoms with Crippen LogP contribution in [0.3, 0.4) is 0 Å². The Bertz CT molecular complexity index is 1410. The lowest BCUT2D eigenvalue weighted by atomic mass is 10.1. The van der Waals surface area contributed by atoms with E-state index in [9.17, 15) is 13.6 Å². The van der Waals surface area contributed by atoms with Gasteiger partial charge in [-0.3, -0.25) is 14.2 Å². The van der Waals surface area contributed by atoms with Gasteiger partial charge in [-0.2, -0.15) is 8.78 Å². The molecule has 0 amide bonds. The second-order valence-electron chi connectivity index (χ2n) is 8.48. The summed E-state index contributed by atoms with van der Waals surface area (Å²) in [6, 6.07) is 10.6. The summed E-state index contributed by atoms with van der Waals surface area (Å²) in [5, 5.41) is 0.533. The molecule has 182 valence electrons. The van der Waals surface area contributed by atoms with E-state index in [4.69, 9.17) is 9.47 Å². The molecule has 2 aromatic heterocycles. The van der Waals surface area contributed by atoms with Crippen molar-refractivity contribution in [1.29, 1.82) is 0 Å². The number of anilines is 1. The Morgan fingerprint density at radius 2 is 1.80 bits per heavy atom. The van der Waals surface area contributed by atoms with E-state index >= 15 is 0 Å². The van der Waals surface area contributed by atoms with Gasteiger partial charge in [-0.25, -0.2) is 9.97 Å². The molecule has 4 aromatic rings. The Kier molecular flexibility index (Phi) is 6.21. The molecule has 10 heteroatoms. The maximum atomic E-state index is 13.0. The molecular formula is C25H25F2N5O3. The fourth-order valence-corrected chi connectivity index (χ4v) is 4.34. The van der Waals surface area contributed by atoms with E-state index in [1.165, 1.54) is 10.7 Å². The number of nitrogens with zero attached hydrogens (tertiary/aromatic N) is 5. The van der Waals surface area contributed by atoms with E-state index in [1.807, 2.05) is 19.1 Å². The van der Waals surface area contributed by atoms with Crippen molar-refractivity contribution in [2.75, 3.05) is 31.2 Å². The van der Waals surface area contributed by atoms with Gasteiger partial charge in [0.25, 0.3) is 5.56 Å². The molecule has 0 spiro atoms. The number of aryl methyl sites for hydroxylation is 1. The van der Waals surface area contributed by atoms with Crippen LogP contribution in [0.25, 0.3) is 22.0 Å². The Balaban J connectivity index is 1.52. The predicted octanol–water partition coefficient (Wildman–Crippen LogP) is 3.59. The van der Waals surface area contributed by atoms with Gasteiger partial charge in [0, 0.05) is 43.7 Å². The van der Waals surface area contributed by atoms with E-state index in [0.29, 0.717) is 35.6 Å². The first-order valence-electron chi connectivity index (χ1n) is 11.3. The van der Waals surface area contributed by atoms with Gasteiger partial charge in [0.05, 0.1) is 30.7 Å². The van der Waals surface area contributed by atoms with Crippen LogP contribution in [0.5, 0.6) is 5.75 Å². The monoisotopic (exact) mass is 481 g/mol. The van der Waals surface area contributed by atoms with Crippen LogP contribution in [-0.4, -0.2) is 52.2 Å². The molecule has 0 N–H and O–H groups in total. The van der Waals surface area contributed by atoms with E-state index in [2.05, 4.69) is 14.9 Å². The zero-order chi connectivity index (χ0) is 24.5. The van der Waals surface area contributed by atoms with Gasteiger partial charge >= 0.3 is 6.61 Å². The number of alkyl halides is 2. The van der Waals surface area contributed by atoms with Crippen LogP contribution in [0.4, 0.5) is 14.7 Å². The lowest BCUT2D eigenvalue weighted by Crippen LogP contribution is -2.37. The van der Waals surface area contributed by atoms with Gasteiger partial charge in [0.2, 0.25) is 5.95 Å². The second-order valence-corrected chi connectivity index (χ2v) is 8.48. The standard InChI is InChI=1S/C25H25F2N5O3/c1-16-3-6-22(35-24(26)27)18(11-16)15-32-21-12-17(4-5-20(21)23(33)30(32)2)19-13-28-25(29-14-19)31-7-9-34-10-8-31/h3-6,11-14,24H,7-10,15H2,1-2H3. The predicted molar refractivity (Wildman–Crippen MR) is 128 cm³/mol. The van der Waals surface area contributed by atoms with Crippen molar-refractivity contribution >= 4 is 16.9 Å². The minimum atomic E-state index is -2.94. The van der Waals surface area contributed by atoms with Crippen LogP contribution in [0.15, 0.2) is 53.6 Å². The van der Waals surface area contributed by atoms with Crippen molar-refractivity contribution in [3.8, 4) is 16.9 Å². The number of halogens is 2. The molecule has 0 aliphatic carbocycles. The van der Waals surface area contributed by atoms with E-state index in [1.54, 1.807) is 42.3 Å². The number of hydrogen-bond donors (Lipinski definition) is 0. The molecule has 1 aliphatic rings. The number of aromatic nitrogens is 4. The maximum Gasteiger partial charge on any atom is 0.387 e. The molecule has 0 radical (unpaired) electrons. The number of hydrogen-bond acceptors (Lipinski definition) is 6. The van der Waals surface area contributed by atoms with Gasteiger partial charge in [-0.15, -0.1) is 0 Å².